The molecule has 0 radical (unpaired) electrons. The van der Waals surface area contributed by atoms with Gasteiger partial charge in [0.05, 0.1) is 19.2 Å². The van der Waals surface area contributed by atoms with Crippen molar-refractivity contribution in [1.82, 2.24) is 10.2 Å². The maximum atomic E-state index is 12.3. The quantitative estimate of drug-likeness (QED) is 0.697. The topological polar surface area (TPSA) is 67.6 Å². The Balaban J connectivity index is 0.00000338. The van der Waals surface area contributed by atoms with Gasteiger partial charge in [-0.15, -0.1) is 24.8 Å². The normalized spacial score (nSPS) is 12.3. The van der Waals surface area contributed by atoms with E-state index in [4.69, 9.17) is 10.5 Å². The Morgan fingerprint density at radius 2 is 1.78 bits per heavy atom. The van der Waals surface area contributed by atoms with Crippen molar-refractivity contribution in [2.45, 2.75) is 18.5 Å². The maximum Gasteiger partial charge on any atom is 0.237 e. The number of halogens is 2. The summed E-state index contributed by atoms with van der Waals surface area (Å²) in [7, 11) is 5.62. The average molecular weight is 414 g/mol. The highest BCUT2D eigenvalue weighted by atomic mass is 35.5. The standard InChI is InChI=1S/C20H27N3O2.2ClH/c1-23(2)19(16-10-7-11-17(13-16)25-3)14-22-20(24)18(21)12-15-8-5-4-6-9-15;;/h4-11,13,18-19H,12,14,21H2,1-3H3,(H,22,24);2*1H/t18-,19?;;/m0../s1. The van der Waals surface area contributed by atoms with Gasteiger partial charge in [-0.3, -0.25) is 4.79 Å². The minimum absolute atomic E-state index is 0. The monoisotopic (exact) mass is 413 g/mol. The molecule has 0 aliphatic heterocycles. The summed E-state index contributed by atoms with van der Waals surface area (Å²) in [4.78, 5) is 14.4. The van der Waals surface area contributed by atoms with Crippen LogP contribution in [0.2, 0.25) is 0 Å². The number of amides is 1. The molecular weight excluding hydrogens is 385 g/mol. The van der Waals surface area contributed by atoms with E-state index in [1.165, 1.54) is 0 Å². The Kier molecular flexibility index (Phi) is 11.7. The van der Waals surface area contributed by atoms with Gasteiger partial charge in [0.15, 0.2) is 0 Å². The van der Waals surface area contributed by atoms with Gasteiger partial charge in [-0.05, 0) is 43.8 Å². The first-order valence-corrected chi connectivity index (χ1v) is 8.39. The third kappa shape index (κ3) is 7.77. The molecule has 2 aromatic rings. The van der Waals surface area contributed by atoms with Crippen molar-refractivity contribution >= 4 is 30.7 Å². The summed E-state index contributed by atoms with van der Waals surface area (Å²) in [5, 5.41) is 2.97. The van der Waals surface area contributed by atoms with E-state index >= 15 is 0 Å². The van der Waals surface area contributed by atoms with Gasteiger partial charge in [0.2, 0.25) is 5.91 Å². The number of rotatable bonds is 8. The molecule has 0 saturated heterocycles. The first-order valence-electron chi connectivity index (χ1n) is 8.39. The molecule has 0 fully saturated rings. The number of carbonyl (C=O) groups excluding carboxylic acids is 1. The fraction of sp³-hybridized carbons (Fsp3) is 0.350. The lowest BCUT2D eigenvalue weighted by atomic mass is 10.0. The van der Waals surface area contributed by atoms with Gasteiger partial charge in [0.25, 0.3) is 0 Å². The van der Waals surface area contributed by atoms with Crippen LogP contribution in [0.15, 0.2) is 54.6 Å². The van der Waals surface area contributed by atoms with Crippen molar-refractivity contribution < 1.29 is 9.53 Å². The third-order valence-corrected chi connectivity index (χ3v) is 4.21. The molecule has 0 aliphatic carbocycles. The largest absolute Gasteiger partial charge is 0.497 e. The second-order valence-electron chi connectivity index (χ2n) is 6.30. The number of methoxy groups -OCH3 is 1. The summed E-state index contributed by atoms with van der Waals surface area (Å²) < 4.78 is 5.29. The molecule has 7 heteroatoms. The van der Waals surface area contributed by atoms with Gasteiger partial charge < -0.3 is 20.7 Å². The zero-order valence-electron chi connectivity index (χ0n) is 15.9. The predicted octanol–water partition coefficient (Wildman–Crippen LogP) is 2.83. The van der Waals surface area contributed by atoms with Gasteiger partial charge in [-0.1, -0.05) is 42.5 Å². The molecule has 1 unspecified atom stereocenters. The van der Waals surface area contributed by atoms with E-state index in [9.17, 15) is 4.79 Å². The van der Waals surface area contributed by atoms with Crippen molar-refractivity contribution in [3.05, 3.63) is 65.7 Å². The molecule has 150 valence electrons. The number of carbonyl (C=O) groups is 1. The summed E-state index contributed by atoms with van der Waals surface area (Å²) in [6.07, 6.45) is 0.526. The van der Waals surface area contributed by atoms with Crippen LogP contribution in [-0.2, 0) is 11.2 Å². The molecule has 0 saturated carbocycles. The molecule has 0 aromatic heterocycles. The van der Waals surface area contributed by atoms with Crippen LogP contribution in [0.25, 0.3) is 0 Å². The molecular formula is C20H29Cl2N3O2. The number of nitrogens with two attached hydrogens (primary N) is 1. The van der Waals surface area contributed by atoms with Crippen LogP contribution < -0.4 is 15.8 Å². The lowest BCUT2D eigenvalue weighted by Gasteiger charge is -2.26. The second kappa shape index (κ2) is 12.6. The lowest BCUT2D eigenvalue weighted by molar-refractivity contribution is -0.122. The van der Waals surface area contributed by atoms with Crippen molar-refractivity contribution in [1.29, 1.82) is 0 Å². The zero-order valence-corrected chi connectivity index (χ0v) is 17.6. The zero-order chi connectivity index (χ0) is 18.2. The molecule has 0 aliphatic rings. The van der Waals surface area contributed by atoms with Crippen LogP contribution >= 0.6 is 24.8 Å². The van der Waals surface area contributed by atoms with E-state index < -0.39 is 6.04 Å². The van der Waals surface area contributed by atoms with Crippen LogP contribution in [0, 0.1) is 0 Å². The Labute approximate surface area is 174 Å². The fourth-order valence-electron chi connectivity index (χ4n) is 2.74. The fourth-order valence-corrected chi connectivity index (χ4v) is 2.74. The lowest BCUT2D eigenvalue weighted by Crippen LogP contribution is -2.44. The molecule has 0 bridgehead atoms. The van der Waals surface area contributed by atoms with E-state index in [1.54, 1.807) is 7.11 Å². The molecule has 0 heterocycles. The van der Waals surface area contributed by atoms with Crippen molar-refractivity contribution in [3.63, 3.8) is 0 Å². The molecule has 2 atom stereocenters. The number of ether oxygens (including phenoxy) is 1. The number of benzene rings is 2. The van der Waals surface area contributed by atoms with Crippen LogP contribution in [0.3, 0.4) is 0 Å². The third-order valence-electron chi connectivity index (χ3n) is 4.21. The number of nitrogens with one attached hydrogen (secondary N) is 1. The second-order valence-corrected chi connectivity index (χ2v) is 6.30. The Hall–Kier alpha value is -1.79. The highest BCUT2D eigenvalue weighted by Crippen LogP contribution is 2.22. The van der Waals surface area contributed by atoms with Crippen LogP contribution in [0.5, 0.6) is 5.75 Å². The predicted molar refractivity (Wildman–Crippen MR) is 115 cm³/mol. The van der Waals surface area contributed by atoms with Crippen LogP contribution in [0.4, 0.5) is 0 Å². The first-order chi connectivity index (χ1) is 12.0. The number of nitrogens with zero attached hydrogens (tertiary/aromatic N) is 1. The van der Waals surface area contributed by atoms with Crippen molar-refractivity contribution in [2.75, 3.05) is 27.7 Å². The summed E-state index contributed by atoms with van der Waals surface area (Å²) in [6.45, 7) is 0.488. The highest BCUT2D eigenvalue weighted by Gasteiger charge is 2.19. The van der Waals surface area contributed by atoms with Gasteiger partial charge in [0.1, 0.15) is 5.75 Å². The molecule has 27 heavy (non-hydrogen) atoms. The Morgan fingerprint density at radius 3 is 2.37 bits per heavy atom. The molecule has 2 aromatic carbocycles. The maximum absolute atomic E-state index is 12.3. The molecule has 1 amide bonds. The van der Waals surface area contributed by atoms with E-state index in [-0.39, 0.29) is 36.8 Å². The summed E-state index contributed by atoms with van der Waals surface area (Å²) in [5.74, 6) is 0.662. The molecule has 2 rings (SSSR count). The van der Waals surface area contributed by atoms with E-state index in [2.05, 4.69) is 10.2 Å². The van der Waals surface area contributed by atoms with Crippen molar-refractivity contribution in [2.24, 2.45) is 5.73 Å². The number of hydrogen-bond acceptors (Lipinski definition) is 4. The highest BCUT2D eigenvalue weighted by molar-refractivity contribution is 5.85. The minimum Gasteiger partial charge on any atom is -0.497 e. The minimum atomic E-state index is -0.560. The summed E-state index contributed by atoms with van der Waals surface area (Å²) in [5.41, 5.74) is 8.19. The summed E-state index contributed by atoms with van der Waals surface area (Å²) in [6, 6.07) is 17.2. The molecule has 5 nitrogen and oxygen atoms in total. The van der Waals surface area contributed by atoms with Crippen LogP contribution in [0.1, 0.15) is 17.2 Å². The van der Waals surface area contributed by atoms with Gasteiger partial charge in [-0.2, -0.15) is 0 Å². The van der Waals surface area contributed by atoms with E-state index in [1.807, 2.05) is 68.7 Å². The van der Waals surface area contributed by atoms with Gasteiger partial charge in [0, 0.05) is 6.54 Å². The van der Waals surface area contributed by atoms with Gasteiger partial charge >= 0.3 is 0 Å². The van der Waals surface area contributed by atoms with Gasteiger partial charge in [-0.25, -0.2) is 0 Å². The number of hydrogen-bond donors (Lipinski definition) is 2. The number of likely N-dealkylation sites (N-methyl/N-ethyl adjacent to an activating group) is 1. The SMILES string of the molecule is COc1cccc(C(CNC(=O)[C@@H](N)Cc2ccccc2)N(C)C)c1.Cl.Cl. The van der Waals surface area contributed by atoms with E-state index in [0.717, 1.165) is 16.9 Å². The molecule has 0 spiro atoms. The van der Waals surface area contributed by atoms with E-state index in [0.29, 0.717) is 13.0 Å². The Morgan fingerprint density at radius 1 is 1.11 bits per heavy atom. The Bertz CT molecular complexity index is 684. The average Bonchev–Trinajstić information content (AvgIpc) is 2.62. The smallest absolute Gasteiger partial charge is 0.237 e. The van der Waals surface area contributed by atoms with Crippen LogP contribution in [-0.4, -0.2) is 44.6 Å². The van der Waals surface area contributed by atoms with Crippen molar-refractivity contribution in [3.8, 4) is 5.75 Å². The summed E-state index contributed by atoms with van der Waals surface area (Å²) >= 11 is 0. The first kappa shape index (κ1) is 25.2. The molecule has 3 N–H and O–H groups in total.